The molecule has 16 heavy (non-hydrogen) atoms. The van der Waals surface area contributed by atoms with Gasteiger partial charge < -0.3 is 5.11 Å². The van der Waals surface area contributed by atoms with Crippen LogP contribution in [0.4, 0.5) is 8.78 Å². The fraction of sp³-hybridized carbons (Fsp3) is 0.417. The van der Waals surface area contributed by atoms with Gasteiger partial charge in [0, 0.05) is 0 Å². The topological polar surface area (TPSA) is 37.3 Å². The number of benzene rings is 1. The summed E-state index contributed by atoms with van der Waals surface area (Å²) in [6.45, 7) is 3.56. The molecule has 0 unspecified atom stereocenters. The Morgan fingerprint density at radius 1 is 1.31 bits per heavy atom. The molecule has 0 saturated heterocycles. The normalized spacial score (nSPS) is 11.5. The van der Waals surface area contributed by atoms with Crippen molar-refractivity contribution in [1.29, 1.82) is 0 Å². The molecule has 1 rings (SSSR count). The third-order valence-electron chi connectivity index (χ3n) is 2.30. The molecule has 0 fully saturated rings. The van der Waals surface area contributed by atoms with E-state index in [-0.39, 0.29) is 6.42 Å². The summed E-state index contributed by atoms with van der Waals surface area (Å²) < 4.78 is 25.6. The highest BCUT2D eigenvalue weighted by Gasteiger charge is 2.22. The van der Waals surface area contributed by atoms with Crippen molar-refractivity contribution in [1.82, 2.24) is 0 Å². The molecular weight excluding hydrogens is 214 g/mol. The summed E-state index contributed by atoms with van der Waals surface area (Å²) in [6, 6.07) is 3.64. The van der Waals surface area contributed by atoms with Gasteiger partial charge in [0.1, 0.15) is 0 Å². The molecular formula is C12H14F2O2. The second-order valence-corrected chi connectivity index (χ2v) is 4.66. The molecule has 0 aliphatic rings. The van der Waals surface area contributed by atoms with E-state index >= 15 is 0 Å². The zero-order chi connectivity index (χ0) is 12.3. The molecule has 0 spiro atoms. The molecule has 0 heterocycles. The Labute approximate surface area is 92.9 Å². The Balaban J connectivity index is 2.79. The van der Waals surface area contributed by atoms with E-state index in [0.29, 0.717) is 12.0 Å². The number of rotatable bonds is 4. The lowest BCUT2D eigenvalue weighted by atomic mass is 9.83. The van der Waals surface area contributed by atoms with Crippen LogP contribution in [0.25, 0.3) is 0 Å². The van der Waals surface area contributed by atoms with Gasteiger partial charge in [-0.3, -0.25) is 4.79 Å². The first-order valence-corrected chi connectivity index (χ1v) is 4.96. The Kier molecular flexibility index (Phi) is 3.62. The predicted molar refractivity (Wildman–Crippen MR) is 56.1 cm³/mol. The zero-order valence-corrected chi connectivity index (χ0v) is 9.26. The maximum atomic E-state index is 12.9. The number of hydrogen-bond donors (Lipinski definition) is 1. The van der Waals surface area contributed by atoms with Gasteiger partial charge >= 0.3 is 5.97 Å². The van der Waals surface area contributed by atoms with Gasteiger partial charge in [-0.25, -0.2) is 8.78 Å². The van der Waals surface area contributed by atoms with Crippen LogP contribution < -0.4 is 0 Å². The number of carboxylic acids is 1. The monoisotopic (exact) mass is 228 g/mol. The highest BCUT2D eigenvalue weighted by molar-refractivity contribution is 5.67. The fourth-order valence-corrected chi connectivity index (χ4v) is 1.67. The average molecular weight is 228 g/mol. The highest BCUT2D eigenvalue weighted by atomic mass is 19.2. The van der Waals surface area contributed by atoms with Crippen LogP contribution in [0.5, 0.6) is 0 Å². The summed E-state index contributed by atoms with van der Waals surface area (Å²) in [6.07, 6.45) is 0.391. The fourth-order valence-electron chi connectivity index (χ4n) is 1.67. The van der Waals surface area contributed by atoms with Crippen LogP contribution in [0.2, 0.25) is 0 Å². The third-order valence-corrected chi connectivity index (χ3v) is 2.30. The van der Waals surface area contributed by atoms with Gasteiger partial charge in [-0.15, -0.1) is 0 Å². The third kappa shape index (κ3) is 3.61. The Bertz CT molecular complexity index is 400. The molecule has 1 aromatic carbocycles. The van der Waals surface area contributed by atoms with Crippen LogP contribution in [0.1, 0.15) is 25.8 Å². The molecule has 0 aliphatic heterocycles. The van der Waals surface area contributed by atoms with Gasteiger partial charge in [0.25, 0.3) is 0 Å². The van der Waals surface area contributed by atoms with Gasteiger partial charge in [-0.05, 0) is 29.5 Å². The second kappa shape index (κ2) is 4.60. The van der Waals surface area contributed by atoms with E-state index in [4.69, 9.17) is 5.11 Å². The molecule has 1 aromatic rings. The van der Waals surface area contributed by atoms with Crippen LogP contribution in [0.15, 0.2) is 18.2 Å². The van der Waals surface area contributed by atoms with Crippen molar-refractivity contribution >= 4 is 5.97 Å². The smallest absolute Gasteiger partial charge is 0.303 e. The summed E-state index contributed by atoms with van der Waals surface area (Å²) in [5.74, 6) is -2.68. The number of halogens is 2. The van der Waals surface area contributed by atoms with Crippen LogP contribution in [0.3, 0.4) is 0 Å². The van der Waals surface area contributed by atoms with Crippen molar-refractivity contribution in [2.75, 3.05) is 0 Å². The SMILES string of the molecule is CC(C)(CC(=O)O)Cc1ccc(F)c(F)c1. The first-order chi connectivity index (χ1) is 7.30. The minimum Gasteiger partial charge on any atom is -0.481 e. The van der Waals surface area contributed by atoms with E-state index in [1.807, 2.05) is 0 Å². The number of carbonyl (C=O) groups is 1. The average Bonchev–Trinajstić information content (AvgIpc) is 2.08. The van der Waals surface area contributed by atoms with E-state index < -0.39 is 23.0 Å². The van der Waals surface area contributed by atoms with Crippen molar-refractivity contribution in [2.24, 2.45) is 5.41 Å². The highest BCUT2D eigenvalue weighted by Crippen LogP contribution is 2.26. The lowest BCUT2D eigenvalue weighted by Crippen LogP contribution is -2.19. The van der Waals surface area contributed by atoms with E-state index in [1.165, 1.54) is 6.07 Å². The first kappa shape index (κ1) is 12.6. The maximum Gasteiger partial charge on any atom is 0.303 e. The quantitative estimate of drug-likeness (QED) is 0.860. The van der Waals surface area contributed by atoms with Crippen LogP contribution in [0, 0.1) is 17.0 Å². The van der Waals surface area contributed by atoms with E-state index in [1.54, 1.807) is 13.8 Å². The number of hydrogen-bond acceptors (Lipinski definition) is 1. The van der Waals surface area contributed by atoms with E-state index in [2.05, 4.69) is 0 Å². The molecule has 88 valence electrons. The second-order valence-electron chi connectivity index (χ2n) is 4.66. The van der Waals surface area contributed by atoms with Crippen molar-refractivity contribution in [3.8, 4) is 0 Å². The van der Waals surface area contributed by atoms with Gasteiger partial charge in [0.2, 0.25) is 0 Å². The number of carboxylic acid groups (broad SMARTS) is 1. The zero-order valence-electron chi connectivity index (χ0n) is 9.26. The van der Waals surface area contributed by atoms with Crippen molar-refractivity contribution in [3.63, 3.8) is 0 Å². The molecule has 0 bridgehead atoms. The van der Waals surface area contributed by atoms with Crippen LogP contribution in [-0.2, 0) is 11.2 Å². The molecule has 0 saturated carbocycles. The van der Waals surface area contributed by atoms with E-state index in [0.717, 1.165) is 12.1 Å². The predicted octanol–water partition coefficient (Wildman–Crippen LogP) is 3.01. The van der Waals surface area contributed by atoms with Crippen LogP contribution in [-0.4, -0.2) is 11.1 Å². The summed E-state index contributed by atoms with van der Waals surface area (Å²) >= 11 is 0. The van der Waals surface area contributed by atoms with Gasteiger partial charge in [0.05, 0.1) is 6.42 Å². The Morgan fingerprint density at radius 3 is 2.44 bits per heavy atom. The van der Waals surface area contributed by atoms with Crippen LogP contribution >= 0.6 is 0 Å². The molecule has 0 amide bonds. The lowest BCUT2D eigenvalue weighted by Gasteiger charge is -2.22. The summed E-state index contributed by atoms with van der Waals surface area (Å²) in [7, 11) is 0. The standard InChI is InChI=1S/C12H14F2O2/c1-12(2,7-11(15)16)6-8-3-4-9(13)10(14)5-8/h3-5H,6-7H2,1-2H3,(H,15,16). The van der Waals surface area contributed by atoms with E-state index in [9.17, 15) is 13.6 Å². The van der Waals surface area contributed by atoms with Gasteiger partial charge in [-0.1, -0.05) is 19.9 Å². The van der Waals surface area contributed by atoms with Gasteiger partial charge in [0.15, 0.2) is 11.6 Å². The maximum absolute atomic E-state index is 12.9. The van der Waals surface area contributed by atoms with Crippen molar-refractivity contribution in [2.45, 2.75) is 26.7 Å². The first-order valence-electron chi connectivity index (χ1n) is 4.96. The molecule has 0 atom stereocenters. The Hall–Kier alpha value is -1.45. The summed E-state index contributed by atoms with van der Waals surface area (Å²) in [5.41, 5.74) is 0.126. The molecule has 2 nitrogen and oxygen atoms in total. The summed E-state index contributed by atoms with van der Waals surface area (Å²) in [5, 5.41) is 8.69. The van der Waals surface area contributed by atoms with Crippen molar-refractivity contribution < 1.29 is 18.7 Å². The molecule has 0 aromatic heterocycles. The molecule has 1 N–H and O–H groups in total. The van der Waals surface area contributed by atoms with Crippen molar-refractivity contribution in [3.05, 3.63) is 35.4 Å². The Morgan fingerprint density at radius 2 is 1.94 bits per heavy atom. The minimum absolute atomic E-state index is 0.00794. The van der Waals surface area contributed by atoms with Gasteiger partial charge in [-0.2, -0.15) is 0 Å². The largest absolute Gasteiger partial charge is 0.481 e. The minimum atomic E-state index is -0.899. The number of aliphatic carboxylic acids is 1. The summed E-state index contributed by atoms with van der Waals surface area (Å²) in [4.78, 5) is 10.6. The molecule has 4 heteroatoms. The lowest BCUT2D eigenvalue weighted by molar-refractivity contribution is -0.139. The molecule has 0 radical (unpaired) electrons. The molecule has 0 aliphatic carbocycles.